The number of rotatable bonds is 5. The van der Waals surface area contributed by atoms with Gasteiger partial charge in [-0.2, -0.15) is 0 Å². The van der Waals surface area contributed by atoms with Gasteiger partial charge in [-0.3, -0.25) is 0 Å². The van der Waals surface area contributed by atoms with E-state index >= 15 is 0 Å². The lowest BCUT2D eigenvalue weighted by Crippen LogP contribution is -2.40. The first kappa shape index (κ1) is 18.2. The van der Waals surface area contributed by atoms with Crippen molar-refractivity contribution in [3.05, 3.63) is 53.6 Å². The first-order valence-electron chi connectivity index (χ1n) is 7.98. The van der Waals surface area contributed by atoms with Gasteiger partial charge in [-0.1, -0.05) is 18.2 Å². The summed E-state index contributed by atoms with van der Waals surface area (Å²) in [5.41, 5.74) is 0.845. The van der Waals surface area contributed by atoms with E-state index in [-0.39, 0.29) is 23.6 Å². The van der Waals surface area contributed by atoms with Gasteiger partial charge >= 0.3 is 5.97 Å². The molecular formula is C18H19NO6S. The van der Waals surface area contributed by atoms with Gasteiger partial charge in [-0.25, -0.2) is 17.9 Å². The molecular weight excluding hydrogens is 358 g/mol. The highest BCUT2D eigenvalue weighted by molar-refractivity contribution is 7.89. The second-order valence-electron chi connectivity index (χ2n) is 5.82. The average Bonchev–Trinajstić information content (AvgIpc) is 2.66. The topological polar surface area (TPSA) is 90.9 Å². The van der Waals surface area contributed by atoms with Gasteiger partial charge in [0.25, 0.3) is 0 Å². The number of hydrogen-bond acceptors (Lipinski definition) is 6. The Bertz CT molecular complexity index is 925. The van der Waals surface area contributed by atoms with Crippen LogP contribution in [0.2, 0.25) is 0 Å². The third-order valence-corrected chi connectivity index (χ3v) is 5.41. The van der Waals surface area contributed by atoms with Crippen LogP contribution in [0.3, 0.4) is 0 Å². The number of carbonyl (C=O) groups is 1. The van der Waals surface area contributed by atoms with Crippen molar-refractivity contribution >= 4 is 16.0 Å². The number of hydrogen-bond donors (Lipinski definition) is 1. The SMILES string of the molecule is COC(=O)c1cc(S(=O)(=O)NCC2COc3ccccc3O2)ccc1C. The molecule has 1 N–H and O–H groups in total. The molecule has 7 nitrogen and oxygen atoms in total. The van der Waals surface area contributed by atoms with Crippen LogP contribution < -0.4 is 14.2 Å². The second-order valence-corrected chi connectivity index (χ2v) is 7.58. The number of nitrogens with one attached hydrogen (secondary N) is 1. The van der Waals surface area contributed by atoms with Crippen LogP contribution in [0, 0.1) is 6.92 Å². The number of esters is 1. The van der Waals surface area contributed by atoms with Gasteiger partial charge in [0, 0.05) is 0 Å². The molecule has 1 aliphatic rings. The highest BCUT2D eigenvalue weighted by Gasteiger charge is 2.24. The highest BCUT2D eigenvalue weighted by Crippen LogP contribution is 2.30. The molecule has 1 unspecified atom stereocenters. The lowest BCUT2D eigenvalue weighted by molar-refractivity contribution is 0.0599. The molecule has 1 atom stereocenters. The quantitative estimate of drug-likeness (QED) is 0.801. The lowest BCUT2D eigenvalue weighted by Gasteiger charge is -2.26. The Kier molecular flexibility index (Phi) is 5.15. The Morgan fingerprint density at radius 2 is 1.96 bits per heavy atom. The third-order valence-electron chi connectivity index (χ3n) is 3.99. The van der Waals surface area contributed by atoms with Crippen molar-refractivity contribution in [2.75, 3.05) is 20.3 Å². The standard InChI is InChI=1S/C18H19NO6S/c1-12-7-8-14(9-15(12)18(20)23-2)26(21,22)19-10-13-11-24-16-5-3-4-6-17(16)25-13/h3-9,13,19H,10-11H2,1-2H3. The van der Waals surface area contributed by atoms with Crippen molar-refractivity contribution in [1.29, 1.82) is 0 Å². The van der Waals surface area contributed by atoms with Gasteiger partial charge < -0.3 is 14.2 Å². The van der Waals surface area contributed by atoms with E-state index in [4.69, 9.17) is 9.47 Å². The van der Waals surface area contributed by atoms with Crippen molar-refractivity contribution in [3.8, 4) is 11.5 Å². The summed E-state index contributed by atoms with van der Waals surface area (Å²) in [6, 6.07) is 11.5. The average molecular weight is 377 g/mol. The maximum Gasteiger partial charge on any atom is 0.338 e. The van der Waals surface area contributed by atoms with E-state index < -0.39 is 22.1 Å². The summed E-state index contributed by atoms with van der Waals surface area (Å²) < 4.78 is 43.5. The Morgan fingerprint density at radius 3 is 2.69 bits per heavy atom. The van der Waals surface area contributed by atoms with E-state index in [9.17, 15) is 13.2 Å². The van der Waals surface area contributed by atoms with Crippen molar-refractivity contribution in [3.63, 3.8) is 0 Å². The molecule has 0 bridgehead atoms. The predicted molar refractivity (Wildman–Crippen MR) is 94.1 cm³/mol. The number of aryl methyl sites for hydroxylation is 1. The fourth-order valence-electron chi connectivity index (χ4n) is 2.55. The van der Waals surface area contributed by atoms with Gasteiger partial charge in [0.1, 0.15) is 12.7 Å². The van der Waals surface area contributed by atoms with Crippen LogP contribution >= 0.6 is 0 Å². The van der Waals surface area contributed by atoms with Crippen molar-refractivity contribution in [1.82, 2.24) is 4.72 Å². The van der Waals surface area contributed by atoms with Crippen LogP contribution in [0.4, 0.5) is 0 Å². The number of methoxy groups -OCH3 is 1. The van der Waals surface area contributed by atoms with Crippen LogP contribution in [0.15, 0.2) is 47.4 Å². The number of fused-ring (bicyclic) bond motifs is 1. The van der Waals surface area contributed by atoms with Gasteiger partial charge in [0.2, 0.25) is 10.0 Å². The molecule has 1 aliphatic heterocycles. The zero-order valence-corrected chi connectivity index (χ0v) is 15.2. The molecule has 0 saturated heterocycles. The molecule has 138 valence electrons. The van der Waals surface area contributed by atoms with E-state index in [0.717, 1.165) is 0 Å². The fourth-order valence-corrected chi connectivity index (χ4v) is 3.64. The molecule has 26 heavy (non-hydrogen) atoms. The number of benzene rings is 2. The van der Waals surface area contributed by atoms with Crippen LogP contribution in [-0.2, 0) is 14.8 Å². The largest absolute Gasteiger partial charge is 0.486 e. The summed E-state index contributed by atoms with van der Waals surface area (Å²) in [6.07, 6.45) is -0.454. The van der Waals surface area contributed by atoms with Crippen molar-refractivity contribution in [2.24, 2.45) is 0 Å². The summed E-state index contributed by atoms with van der Waals surface area (Å²) in [7, 11) is -2.56. The van der Waals surface area contributed by atoms with Crippen LogP contribution in [0.1, 0.15) is 15.9 Å². The smallest absolute Gasteiger partial charge is 0.338 e. The number of ether oxygens (including phenoxy) is 3. The molecule has 2 aromatic rings. The van der Waals surface area contributed by atoms with Crippen LogP contribution in [0.5, 0.6) is 11.5 Å². The molecule has 0 saturated carbocycles. The maximum absolute atomic E-state index is 12.5. The molecule has 3 rings (SSSR count). The first-order valence-corrected chi connectivity index (χ1v) is 9.46. The summed E-state index contributed by atoms with van der Waals surface area (Å²) in [5, 5.41) is 0. The Balaban J connectivity index is 1.71. The van der Waals surface area contributed by atoms with Gasteiger partial charge in [0.05, 0.1) is 24.1 Å². The summed E-state index contributed by atoms with van der Waals surface area (Å²) in [5.74, 6) is 0.624. The second kappa shape index (κ2) is 7.35. The minimum atomic E-state index is -3.81. The molecule has 0 aliphatic carbocycles. The maximum atomic E-state index is 12.5. The number of sulfonamides is 1. The normalized spacial score (nSPS) is 16.2. The molecule has 0 amide bonds. The predicted octanol–water partition coefficient (Wildman–Crippen LogP) is 1.90. The number of carbonyl (C=O) groups excluding carboxylic acids is 1. The summed E-state index contributed by atoms with van der Waals surface area (Å²) in [6.45, 7) is 1.99. The summed E-state index contributed by atoms with van der Waals surface area (Å²) >= 11 is 0. The van der Waals surface area contributed by atoms with Crippen LogP contribution in [-0.4, -0.2) is 40.8 Å². The molecule has 0 fully saturated rings. The minimum absolute atomic E-state index is 0.0133. The monoisotopic (exact) mass is 377 g/mol. The van der Waals surface area contributed by atoms with Gasteiger partial charge in [0.15, 0.2) is 11.5 Å². The van der Waals surface area contributed by atoms with Crippen molar-refractivity contribution < 1.29 is 27.4 Å². The first-order chi connectivity index (χ1) is 12.4. The van der Waals surface area contributed by atoms with Gasteiger partial charge in [-0.15, -0.1) is 0 Å². The van der Waals surface area contributed by atoms with Gasteiger partial charge in [-0.05, 0) is 36.8 Å². The molecule has 0 spiro atoms. The van der Waals surface area contributed by atoms with E-state index in [1.54, 1.807) is 25.1 Å². The molecule has 0 aromatic heterocycles. The summed E-state index contributed by atoms with van der Waals surface area (Å²) in [4.78, 5) is 11.7. The minimum Gasteiger partial charge on any atom is -0.486 e. The third kappa shape index (κ3) is 3.81. The fraction of sp³-hybridized carbons (Fsp3) is 0.278. The van der Waals surface area contributed by atoms with E-state index in [0.29, 0.717) is 17.1 Å². The Hall–Kier alpha value is -2.58. The lowest BCUT2D eigenvalue weighted by atomic mass is 10.1. The Morgan fingerprint density at radius 1 is 1.23 bits per heavy atom. The zero-order chi connectivity index (χ0) is 18.7. The van der Waals surface area contributed by atoms with E-state index in [1.165, 1.54) is 19.2 Å². The molecule has 2 aromatic carbocycles. The highest BCUT2D eigenvalue weighted by atomic mass is 32.2. The zero-order valence-electron chi connectivity index (χ0n) is 14.4. The van der Waals surface area contributed by atoms with E-state index in [2.05, 4.69) is 9.46 Å². The molecule has 1 heterocycles. The molecule has 8 heteroatoms. The molecule has 0 radical (unpaired) electrons. The van der Waals surface area contributed by atoms with Crippen LogP contribution in [0.25, 0.3) is 0 Å². The number of para-hydroxylation sites is 2. The van der Waals surface area contributed by atoms with Crippen molar-refractivity contribution in [2.45, 2.75) is 17.9 Å². The van der Waals surface area contributed by atoms with E-state index in [1.807, 2.05) is 12.1 Å². The Labute approximate surface area is 151 Å².